The molecule has 1 aromatic carbocycles. The van der Waals surface area contributed by atoms with E-state index in [2.05, 4.69) is 6.92 Å². The summed E-state index contributed by atoms with van der Waals surface area (Å²) in [6.45, 7) is 2.82. The number of halogens is 1. The second kappa shape index (κ2) is 12.5. The fourth-order valence-electron chi connectivity index (χ4n) is 2.19. The number of aromatic carboxylic acids is 1. The molecule has 0 saturated carbocycles. The maximum Gasteiger partial charge on any atom is 0.339 e. The van der Waals surface area contributed by atoms with Crippen LogP contribution in [0.2, 0.25) is 0 Å². The Bertz CT molecular complexity index is 393. The minimum Gasteiger partial charge on any atom is -0.493 e. The predicted octanol–water partition coefficient (Wildman–Crippen LogP) is 5.33. The molecule has 0 radical (unpaired) electrons. The number of rotatable bonds is 11. The molecule has 0 unspecified atom stereocenters. The third kappa shape index (κ3) is 8.61. The van der Waals surface area contributed by atoms with Gasteiger partial charge in [-0.05, 0) is 18.6 Å². The molecule has 1 aromatic rings. The highest BCUT2D eigenvalue weighted by Crippen LogP contribution is 2.18. The van der Waals surface area contributed by atoms with E-state index in [0.717, 1.165) is 12.8 Å². The first-order chi connectivity index (χ1) is 9.75. The van der Waals surface area contributed by atoms with E-state index >= 15 is 0 Å². The highest BCUT2D eigenvalue weighted by molar-refractivity contribution is 5.90. The normalized spacial score (nSPS) is 9.95. The van der Waals surface area contributed by atoms with Crippen molar-refractivity contribution in [1.82, 2.24) is 0 Å². The summed E-state index contributed by atoms with van der Waals surface area (Å²) in [4.78, 5) is 11.0. The zero-order chi connectivity index (χ0) is 14.6. The molecule has 1 N–H and O–H groups in total. The molecule has 0 aromatic heterocycles. The van der Waals surface area contributed by atoms with Crippen LogP contribution in [0, 0.1) is 0 Å². The largest absolute Gasteiger partial charge is 0.493 e. The van der Waals surface area contributed by atoms with Gasteiger partial charge in [0.05, 0.1) is 6.61 Å². The van der Waals surface area contributed by atoms with Crippen LogP contribution in [-0.4, -0.2) is 17.7 Å². The lowest BCUT2D eigenvalue weighted by molar-refractivity contribution is 0.0692. The third-order valence-corrected chi connectivity index (χ3v) is 3.37. The summed E-state index contributed by atoms with van der Waals surface area (Å²) in [6, 6.07) is 6.81. The van der Waals surface area contributed by atoms with Crippen molar-refractivity contribution in [2.24, 2.45) is 0 Å². The van der Waals surface area contributed by atoms with Gasteiger partial charge in [0.1, 0.15) is 11.3 Å². The van der Waals surface area contributed by atoms with Crippen molar-refractivity contribution >= 4 is 18.4 Å². The van der Waals surface area contributed by atoms with Gasteiger partial charge in [-0.25, -0.2) is 4.79 Å². The number of carboxylic acid groups (broad SMARTS) is 1. The molecule has 3 nitrogen and oxygen atoms in total. The second-order valence-electron chi connectivity index (χ2n) is 5.12. The van der Waals surface area contributed by atoms with Crippen LogP contribution in [-0.2, 0) is 0 Å². The van der Waals surface area contributed by atoms with Crippen LogP contribution < -0.4 is 4.74 Å². The minimum atomic E-state index is -0.934. The Kier molecular flexibility index (Phi) is 11.8. The maximum absolute atomic E-state index is 11.0. The lowest BCUT2D eigenvalue weighted by atomic mass is 10.1. The number of unbranched alkanes of at least 4 members (excludes halogenated alkanes) is 7. The minimum absolute atomic E-state index is 0. The molecule has 0 aliphatic carbocycles. The van der Waals surface area contributed by atoms with Crippen LogP contribution in [0.25, 0.3) is 0 Å². The number of ether oxygens (including phenoxy) is 1. The molecule has 0 atom stereocenters. The van der Waals surface area contributed by atoms with Gasteiger partial charge in [0, 0.05) is 0 Å². The molecular weight excluding hydrogens is 288 g/mol. The molecule has 0 aliphatic heterocycles. The van der Waals surface area contributed by atoms with Gasteiger partial charge >= 0.3 is 5.97 Å². The van der Waals surface area contributed by atoms with Gasteiger partial charge in [-0.1, -0.05) is 64.0 Å². The SMILES string of the molecule is CCCCCCCCCCOc1ccccc1C(=O)O.Cl. The van der Waals surface area contributed by atoms with E-state index in [0.29, 0.717) is 12.4 Å². The van der Waals surface area contributed by atoms with Gasteiger partial charge in [-0.15, -0.1) is 12.4 Å². The predicted molar refractivity (Wildman–Crippen MR) is 88.8 cm³/mol. The van der Waals surface area contributed by atoms with Crippen molar-refractivity contribution in [2.75, 3.05) is 6.61 Å². The standard InChI is InChI=1S/C17H26O3.ClH/c1-2-3-4-5-6-7-8-11-14-20-16-13-10-9-12-15(16)17(18)19;/h9-10,12-13H,2-8,11,14H2,1H3,(H,18,19);1H. The Balaban J connectivity index is 0.00000400. The van der Waals surface area contributed by atoms with Gasteiger partial charge in [0.15, 0.2) is 0 Å². The molecule has 0 fully saturated rings. The van der Waals surface area contributed by atoms with Crippen molar-refractivity contribution in [3.8, 4) is 5.75 Å². The van der Waals surface area contributed by atoms with E-state index < -0.39 is 5.97 Å². The zero-order valence-electron chi connectivity index (χ0n) is 12.8. The molecule has 0 heterocycles. The molecule has 1 rings (SSSR count). The molecule has 0 aliphatic rings. The lowest BCUT2D eigenvalue weighted by Gasteiger charge is -2.08. The Morgan fingerprint density at radius 3 is 2.19 bits per heavy atom. The average molecular weight is 315 g/mol. The fourth-order valence-corrected chi connectivity index (χ4v) is 2.19. The van der Waals surface area contributed by atoms with E-state index in [1.165, 1.54) is 38.5 Å². The highest BCUT2D eigenvalue weighted by atomic mass is 35.5. The van der Waals surface area contributed by atoms with Gasteiger partial charge in [-0.3, -0.25) is 0 Å². The van der Waals surface area contributed by atoms with Crippen molar-refractivity contribution in [2.45, 2.75) is 58.3 Å². The number of para-hydroxylation sites is 1. The van der Waals surface area contributed by atoms with Crippen LogP contribution in [0.3, 0.4) is 0 Å². The number of benzene rings is 1. The van der Waals surface area contributed by atoms with Crippen LogP contribution in [0.1, 0.15) is 68.6 Å². The summed E-state index contributed by atoms with van der Waals surface area (Å²) in [5, 5.41) is 9.03. The quantitative estimate of drug-likeness (QED) is 0.562. The Morgan fingerprint density at radius 2 is 1.57 bits per heavy atom. The Morgan fingerprint density at radius 1 is 1.00 bits per heavy atom. The van der Waals surface area contributed by atoms with Gasteiger partial charge in [-0.2, -0.15) is 0 Å². The zero-order valence-corrected chi connectivity index (χ0v) is 13.7. The van der Waals surface area contributed by atoms with E-state index in [4.69, 9.17) is 9.84 Å². The molecular formula is C17H27ClO3. The molecule has 0 amide bonds. The van der Waals surface area contributed by atoms with E-state index in [-0.39, 0.29) is 18.0 Å². The lowest BCUT2D eigenvalue weighted by Crippen LogP contribution is -2.04. The van der Waals surface area contributed by atoms with Crippen LogP contribution in [0.15, 0.2) is 24.3 Å². The number of hydrogen-bond donors (Lipinski definition) is 1. The summed E-state index contributed by atoms with van der Waals surface area (Å²) in [5.74, 6) is -0.459. The Hall–Kier alpha value is -1.22. The summed E-state index contributed by atoms with van der Waals surface area (Å²) in [7, 11) is 0. The number of hydrogen-bond acceptors (Lipinski definition) is 2. The maximum atomic E-state index is 11.0. The topological polar surface area (TPSA) is 46.5 Å². The summed E-state index contributed by atoms with van der Waals surface area (Å²) in [6.07, 6.45) is 9.99. The molecule has 4 heteroatoms. The first-order valence-electron chi connectivity index (χ1n) is 7.70. The van der Waals surface area contributed by atoms with Crippen LogP contribution >= 0.6 is 12.4 Å². The molecule has 21 heavy (non-hydrogen) atoms. The molecule has 0 spiro atoms. The van der Waals surface area contributed by atoms with Crippen LogP contribution in [0.5, 0.6) is 5.75 Å². The van der Waals surface area contributed by atoms with Crippen LogP contribution in [0.4, 0.5) is 0 Å². The third-order valence-electron chi connectivity index (χ3n) is 3.37. The van der Waals surface area contributed by atoms with E-state index in [1.807, 2.05) is 0 Å². The summed E-state index contributed by atoms with van der Waals surface area (Å²) in [5.41, 5.74) is 0.243. The van der Waals surface area contributed by atoms with Crippen molar-refractivity contribution in [3.63, 3.8) is 0 Å². The Labute approximate surface area is 134 Å². The van der Waals surface area contributed by atoms with Gasteiger partial charge in [0.25, 0.3) is 0 Å². The average Bonchev–Trinajstić information content (AvgIpc) is 2.46. The first-order valence-corrected chi connectivity index (χ1v) is 7.70. The summed E-state index contributed by atoms with van der Waals surface area (Å²) < 4.78 is 5.56. The number of carbonyl (C=O) groups is 1. The molecule has 0 bridgehead atoms. The smallest absolute Gasteiger partial charge is 0.339 e. The van der Waals surface area contributed by atoms with E-state index in [1.54, 1.807) is 24.3 Å². The van der Waals surface area contributed by atoms with Crippen molar-refractivity contribution < 1.29 is 14.6 Å². The van der Waals surface area contributed by atoms with Crippen molar-refractivity contribution in [3.05, 3.63) is 29.8 Å². The van der Waals surface area contributed by atoms with Crippen molar-refractivity contribution in [1.29, 1.82) is 0 Å². The summed E-state index contributed by atoms with van der Waals surface area (Å²) >= 11 is 0. The number of carboxylic acids is 1. The van der Waals surface area contributed by atoms with Gasteiger partial charge in [0.2, 0.25) is 0 Å². The van der Waals surface area contributed by atoms with E-state index in [9.17, 15) is 4.79 Å². The second-order valence-corrected chi connectivity index (χ2v) is 5.12. The first kappa shape index (κ1) is 19.8. The monoisotopic (exact) mass is 314 g/mol. The highest BCUT2D eigenvalue weighted by Gasteiger charge is 2.09. The molecule has 120 valence electrons. The molecule has 0 saturated heterocycles. The fraction of sp³-hybridized carbons (Fsp3) is 0.588. The van der Waals surface area contributed by atoms with Gasteiger partial charge < -0.3 is 9.84 Å².